The van der Waals surface area contributed by atoms with Crippen molar-refractivity contribution in [2.24, 2.45) is 0 Å². The van der Waals surface area contributed by atoms with Gasteiger partial charge in [0.05, 0.1) is 12.4 Å². The average molecular weight is 457 g/mol. The fourth-order valence-corrected chi connectivity index (χ4v) is 6.00. The Labute approximate surface area is 176 Å². The van der Waals surface area contributed by atoms with Gasteiger partial charge in [0, 0.05) is 23.0 Å². The van der Waals surface area contributed by atoms with Gasteiger partial charge in [-0.1, -0.05) is 25.6 Å². The van der Waals surface area contributed by atoms with Crippen LogP contribution in [0.5, 0.6) is 0 Å². The van der Waals surface area contributed by atoms with E-state index in [1.54, 1.807) is 0 Å². The number of fused-ring (bicyclic) bond motifs is 4. The highest BCUT2D eigenvalue weighted by molar-refractivity contribution is 8.09. The second kappa shape index (κ2) is 6.06. The van der Waals surface area contributed by atoms with E-state index in [1.165, 1.54) is 23.0 Å². The van der Waals surface area contributed by atoms with Gasteiger partial charge in [0.2, 0.25) is 5.06 Å². The van der Waals surface area contributed by atoms with Gasteiger partial charge in [-0.15, -0.1) is 0 Å². The Kier molecular flexibility index (Phi) is 4.00. The Hall–Kier alpha value is -2.47. The van der Waals surface area contributed by atoms with Crippen LogP contribution in [0.2, 0.25) is 0 Å². The number of nitrogens with one attached hydrogen (secondary N) is 1. The van der Waals surface area contributed by atoms with Crippen LogP contribution in [0, 0.1) is 0 Å². The number of hydrogen-bond acceptors (Lipinski definition) is 6. The number of rotatable bonds is 3. The molecule has 0 aromatic carbocycles. The minimum Gasteiger partial charge on any atom is -0.361 e. The van der Waals surface area contributed by atoms with Crippen molar-refractivity contribution >= 4 is 23.1 Å². The van der Waals surface area contributed by atoms with Gasteiger partial charge in [-0.3, -0.25) is 4.98 Å². The van der Waals surface area contributed by atoms with Gasteiger partial charge < -0.3 is 10.4 Å². The largest absolute Gasteiger partial charge is 0.433 e. The highest BCUT2D eigenvalue weighted by Crippen LogP contribution is 2.76. The maximum absolute atomic E-state index is 13.2. The third kappa shape index (κ3) is 2.91. The van der Waals surface area contributed by atoms with Crippen LogP contribution in [0.3, 0.4) is 0 Å². The lowest BCUT2D eigenvalue weighted by atomic mass is 9.86. The molecule has 6 nitrogen and oxygen atoms in total. The molecule has 3 aromatic rings. The van der Waals surface area contributed by atoms with E-state index < -0.39 is 39.2 Å². The Bertz CT molecular complexity index is 1210. The van der Waals surface area contributed by atoms with Crippen molar-refractivity contribution in [3.8, 4) is 0 Å². The van der Waals surface area contributed by atoms with Gasteiger partial charge in [-0.25, -0.2) is 18.3 Å². The second-order valence-corrected chi connectivity index (χ2v) is 9.85. The molecule has 2 aliphatic rings. The van der Waals surface area contributed by atoms with E-state index in [9.17, 15) is 27.1 Å². The van der Waals surface area contributed by atoms with E-state index in [0.29, 0.717) is 17.5 Å². The molecule has 1 aliphatic carbocycles. The van der Waals surface area contributed by atoms with Crippen LogP contribution in [0.15, 0.2) is 30.7 Å². The maximum atomic E-state index is 13.2. The Morgan fingerprint density at radius 1 is 1.29 bits per heavy atom. The first-order chi connectivity index (χ1) is 14.4. The summed E-state index contributed by atoms with van der Waals surface area (Å²) < 4.78 is 65.7. The topological polar surface area (TPSA) is 75.3 Å². The lowest BCUT2D eigenvalue weighted by molar-refractivity contribution is -0.141. The summed E-state index contributed by atoms with van der Waals surface area (Å²) in [6.45, 7) is 3.82. The molecule has 1 spiro atoms. The van der Waals surface area contributed by atoms with Crippen molar-refractivity contribution in [3.63, 3.8) is 0 Å². The zero-order chi connectivity index (χ0) is 22.4. The molecule has 3 aromatic heterocycles. The first-order valence-corrected chi connectivity index (χ1v) is 10.1. The number of thioether (sulfide) groups is 1. The van der Waals surface area contributed by atoms with E-state index in [4.69, 9.17) is 0 Å². The Morgan fingerprint density at radius 3 is 2.71 bits per heavy atom. The molecule has 164 valence electrons. The molecule has 0 amide bonds. The predicted molar refractivity (Wildman–Crippen MR) is 103 cm³/mol. The Balaban J connectivity index is 1.56. The number of aromatic nitrogens is 4. The molecule has 1 aliphatic heterocycles. The molecule has 4 heterocycles. The number of pyridine rings is 1. The molecule has 0 bridgehead atoms. The van der Waals surface area contributed by atoms with Crippen LogP contribution in [-0.2, 0) is 16.3 Å². The molecular weight excluding hydrogens is 441 g/mol. The number of alkyl halides is 5. The summed E-state index contributed by atoms with van der Waals surface area (Å²) in [4.78, 5) is 7.37. The Morgan fingerprint density at radius 2 is 2.03 bits per heavy atom. The van der Waals surface area contributed by atoms with Gasteiger partial charge in [-0.2, -0.15) is 18.3 Å². The van der Waals surface area contributed by atoms with Gasteiger partial charge in [0.1, 0.15) is 16.1 Å². The van der Waals surface area contributed by atoms with Crippen LogP contribution >= 0.6 is 11.8 Å². The van der Waals surface area contributed by atoms with E-state index in [-0.39, 0.29) is 11.3 Å². The summed E-state index contributed by atoms with van der Waals surface area (Å²) in [5.41, 5.74) is -0.354. The average Bonchev–Trinajstić information content (AvgIpc) is 2.97. The normalized spacial score (nSPS) is 26.6. The van der Waals surface area contributed by atoms with Crippen molar-refractivity contribution in [2.45, 2.75) is 48.1 Å². The van der Waals surface area contributed by atoms with Crippen molar-refractivity contribution < 1.29 is 27.1 Å². The summed E-state index contributed by atoms with van der Waals surface area (Å²) in [6, 6.07) is 2.17. The molecule has 31 heavy (non-hydrogen) atoms. The van der Waals surface area contributed by atoms with Crippen LogP contribution in [-0.4, -0.2) is 29.7 Å². The number of halogens is 5. The lowest BCUT2D eigenvalue weighted by Crippen LogP contribution is -2.32. The monoisotopic (exact) mass is 457 g/mol. The van der Waals surface area contributed by atoms with Crippen molar-refractivity contribution in [3.05, 3.63) is 53.2 Å². The van der Waals surface area contributed by atoms with E-state index in [1.807, 2.05) is 13.8 Å². The smallest absolute Gasteiger partial charge is 0.361 e. The third-order valence-corrected chi connectivity index (χ3v) is 7.28. The van der Waals surface area contributed by atoms with Crippen LogP contribution < -0.4 is 5.32 Å². The molecule has 0 unspecified atom stereocenters. The van der Waals surface area contributed by atoms with Crippen LogP contribution in [0.1, 0.15) is 49.2 Å². The lowest BCUT2D eigenvalue weighted by Gasteiger charge is -2.21. The van der Waals surface area contributed by atoms with Gasteiger partial charge in [0.15, 0.2) is 5.65 Å². The quantitative estimate of drug-likeness (QED) is 0.344. The minimum atomic E-state index is -4.62. The highest BCUT2D eigenvalue weighted by atomic mass is 32.2. The second-order valence-electron chi connectivity index (χ2n) is 8.35. The van der Waals surface area contributed by atoms with Gasteiger partial charge >= 0.3 is 6.18 Å². The summed E-state index contributed by atoms with van der Waals surface area (Å²) in [6.07, 6.45) is -3.26. The first-order valence-electron chi connectivity index (χ1n) is 9.28. The molecule has 0 radical (unpaired) electrons. The molecule has 1 saturated heterocycles. The summed E-state index contributed by atoms with van der Waals surface area (Å²) in [5.74, 6) is 0. The summed E-state index contributed by atoms with van der Waals surface area (Å²) in [5, 5.41) is 16.6. The fraction of sp³-hybridized carbons (Fsp3) is 0.421. The number of hydrogen-bond donors (Lipinski definition) is 2. The molecule has 1 fully saturated rings. The minimum absolute atomic E-state index is 0.0651. The zero-order valence-corrected chi connectivity index (χ0v) is 17.0. The zero-order valence-electron chi connectivity index (χ0n) is 16.2. The molecule has 12 heteroatoms. The van der Waals surface area contributed by atoms with Crippen molar-refractivity contribution in [1.29, 1.82) is 0 Å². The number of aliphatic hydroxyl groups is 1. The number of imidazole rings is 1. The third-order valence-electron chi connectivity index (χ3n) is 5.73. The number of nitrogens with zero attached hydrogens (tertiary/aromatic N) is 4. The highest BCUT2D eigenvalue weighted by Gasteiger charge is 2.75. The van der Waals surface area contributed by atoms with Crippen LogP contribution in [0.4, 0.5) is 27.6 Å². The molecular formula is C19H16F5N5OS. The number of anilines is 1. The van der Waals surface area contributed by atoms with E-state index in [0.717, 1.165) is 24.0 Å². The molecule has 5 rings (SSSR count). The van der Waals surface area contributed by atoms with E-state index >= 15 is 0 Å². The van der Waals surface area contributed by atoms with E-state index in [2.05, 4.69) is 20.4 Å². The maximum Gasteiger partial charge on any atom is 0.433 e. The fourth-order valence-electron chi connectivity index (χ4n) is 4.44. The van der Waals surface area contributed by atoms with Crippen LogP contribution in [0.25, 0.3) is 5.65 Å². The molecule has 0 saturated carbocycles. The van der Waals surface area contributed by atoms with Crippen molar-refractivity contribution in [2.75, 3.05) is 5.32 Å². The molecule has 2 N–H and O–H groups in total. The summed E-state index contributed by atoms with van der Waals surface area (Å²) in [7, 11) is 0. The van der Waals surface area contributed by atoms with Gasteiger partial charge in [-0.05, 0) is 24.0 Å². The standard InChI is InChI=1S/C19H16F5N5OS/c1-16(2)8-17(10-6-26-29-7-11(14(20)21)27-15(29)13(10)16)19(30,31-17)28-9-3-4-25-12(5-9)18(22,23)24/h3-7,14,30H,8H2,1-2H3,(H,25,28)/t17-,19-/m1/s1. The summed E-state index contributed by atoms with van der Waals surface area (Å²) >= 11 is 1.14. The molecule has 2 atom stereocenters. The van der Waals surface area contributed by atoms with Gasteiger partial charge in [0.25, 0.3) is 6.43 Å². The van der Waals surface area contributed by atoms with Crippen molar-refractivity contribution in [1.82, 2.24) is 19.6 Å². The first kappa shape index (κ1) is 20.4. The SMILES string of the molecule is CC1(C)C[C@@]2(S[C@@]2(O)Nc2ccnc(C(F)(F)F)c2)c2cnn3cc(C(F)F)nc3c21. The predicted octanol–water partition coefficient (Wildman–Crippen LogP) is 4.46.